The van der Waals surface area contributed by atoms with Gasteiger partial charge in [-0.3, -0.25) is 0 Å². The van der Waals surface area contributed by atoms with Gasteiger partial charge in [0.25, 0.3) is 0 Å². The molecule has 0 radical (unpaired) electrons. The van der Waals surface area contributed by atoms with Gasteiger partial charge in [-0.2, -0.15) is 0 Å². The first-order chi connectivity index (χ1) is 10.2. The number of hydrogen-bond acceptors (Lipinski definition) is 10. The van der Waals surface area contributed by atoms with Crippen LogP contribution in [-0.2, 0) is 9.47 Å². The maximum absolute atomic E-state index is 9.82. The van der Waals surface area contributed by atoms with E-state index >= 15 is 0 Å². The summed E-state index contributed by atoms with van der Waals surface area (Å²) in [6.07, 6.45) is -13.9. The molecule has 132 valence electrons. The van der Waals surface area contributed by atoms with E-state index in [1.54, 1.807) is 0 Å². The number of aliphatic hydroxyl groups is 8. The molecule has 1 aliphatic heterocycles. The zero-order chi connectivity index (χ0) is 17.0. The summed E-state index contributed by atoms with van der Waals surface area (Å²) in [7, 11) is 0. The summed E-state index contributed by atoms with van der Waals surface area (Å²) in [4.78, 5) is 0. The van der Waals surface area contributed by atoms with Crippen molar-refractivity contribution in [3.63, 3.8) is 0 Å². The second-order valence-electron chi connectivity index (χ2n) is 5.28. The van der Waals surface area contributed by atoms with E-state index in [9.17, 15) is 30.6 Å². The first-order valence-electron chi connectivity index (χ1n) is 6.85. The van der Waals surface area contributed by atoms with E-state index in [1.807, 2.05) is 0 Å². The lowest BCUT2D eigenvalue weighted by molar-refractivity contribution is -0.326. The summed E-state index contributed by atoms with van der Waals surface area (Å²) >= 11 is 0. The maximum Gasteiger partial charge on any atom is 0.187 e. The zero-order valence-electron chi connectivity index (χ0n) is 12.0. The fraction of sp³-hybridized carbons (Fsp3) is 1.00. The van der Waals surface area contributed by atoms with E-state index in [0.717, 1.165) is 0 Å². The Morgan fingerprint density at radius 1 is 1.00 bits per heavy atom. The largest absolute Gasteiger partial charge is 0.394 e. The van der Waals surface area contributed by atoms with Crippen molar-refractivity contribution in [2.24, 2.45) is 0 Å². The van der Waals surface area contributed by atoms with Gasteiger partial charge >= 0.3 is 0 Å². The molecule has 0 aromatic rings. The van der Waals surface area contributed by atoms with Gasteiger partial charge in [0.05, 0.1) is 19.3 Å². The van der Waals surface area contributed by atoms with Crippen LogP contribution in [0.3, 0.4) is 0 Å². The summed E-state index contributed by atoms with van der Waals surface area (Å²) in [5.74, 6) is 0. The third-order valence-corrected chi connectivity index (χ3v) is 3.54. The molecule has 0 aromatic carbocycles. The average Bonchev–Trinajstić information content (AvgIpc) is 2.50. The predicted octanol–water partition coefficient (Wildman–Crippen LogP) is -4.73. The number of ether oxygens (including phenoxy) is 2. The maximum atomic E-state index is 9.82. The van der Waals surface area contributed by atoms with Crippen molar-refractivity contribution in [2.75, 3.05) is 13.2 Å². The average molecular weight is 328 g/mol. The first kappa shape index (κ1) is 19.6. The molecule has 0 amide bonds. The smallest absolute Gasteiger partial charge is 0.187 e. The molecule has 0 aromatic heterocycles. The van der Waals surface area contributed by atoms with E-state index in [0.29, 0.717) is 0 Å². The van der Waals surface area contributed by atoms with Gasteiger partial charge < -0.3 is 50.3 Å². The second kappa shape index (κ2) is 8.45. The van der Waals surface area contributed by atoms with E-state index in [4.69, 9.17) is 19.7 Å². The fourth-order valence-electron chi connectivity index (χ4n) is 2.11. The van der Waals surface area contributed by atoms with Crippen molar-refractivity contribution < 1.29 is 50.3 Å². The van der Waals surface area contributed by atoms with Crippen molar-refractivity contribution in [2.45, 2.75) is 62.0 Å². The minimum absolute atomic E-state index is 0.670. The highest BCUT2D eigenvalue weighted by Crippen LogP contribution is 2.24. The lowest BCUT2D eigenvalue weighted by Crippen LogP contribution is -2.61. The normalized spacial score (nSPS) is 38.3. The second-order valence-corrected chi connectivity index (χ2v) is 5.28. The van der Waals surface area contributed by atoms with Gasteiger partial charge in [-0.15, -0.1) is 0 Å². The van der Waals surface area contributed by atoms with Crippen LogP contribution in [0.15, 0.2) is 0 Å². The molecule has 0 unspecified atom stereocenters. The molecule has 8 N–H and O–H groups in total. The Morgan fingerprint density at radius 3 is 2.05 bits per heavy atom. The van der Waals surface area contributed by atoms with Crippen LogP contribution < -0.4 is 0 Å². The lowest BCUT2D eigenvalue weighted by atomic mass is 9.98. The molecule has 0 spiro atoms. The Morgan fingerprint density at radius 2 is 1.59 bits per heavy atom. The minimum atomic E-state index is -1.73. The van der Waals surface area contributed by atoms with Crippen molar-refractivity contribution in [3.8, 4) is 0 Å². The van der Waals surface area contributed by atoms with Crippen LogP contribution in [0.5, 0.6) is 0 Å². The Labute approximate surface area is 126 Å². The molecule has 9 atom stereocenters. The SMILES string of the molecule is C[C@H](O)[C@@H](O)[C@H](O[C@H]1O[C@H](CO)[C@@H](O)[C@H](O)[C@H]1O)[C@H](O)CO. The molecule has 0 aliphatic carbocycles. The molecule has 1 rings (SSSR count). The monoisotopic (exact) mass is 328 g/mol. The number of rotatable bonds is 7. The summed E-state index contributed by atoms with van der Waals surface area (Å²) in [6, 6.07) is 0. The zero-order valence-corrected chi connectivity index (χ0v) is 12.0. The molecule has 22 heavy (non-hydrogen) atoms. The molecule has 0 saturated carbocycles. The molecule has 1 saturated heterocycles. The quantitative estimate of drug-likeness (QED) is 0.226. The fourth-order valence-corrected chi connectivity index (χ4v) is 2.11. The molecular weight excluding hydrogens is 304 g/mol. The number of aliphatic hydroxyl groups excluding tert-OH is 8. The minimum Gasteiger partial charge on any atom is -0.394 e. The van der Waals surface area contributed by atoms with Gasteiger partial charge in [0.15, 0.2) is 6.29 Å². The van der Waals surface area contributed by atoms with Gasteiger partial charge in [0.2, 0.25) is 0 Å². The summed E-state index contributed by atoms with van der Waals surface area (Å²) in [5, 5.41) is 75.9. The van der Waals surface area contributed by atoms with Crippen molar-refractivity contribution in [3.05, 3.63) is 0 Å². The molecular formula is C12H24O10. The standard InChI is InChI=1S/C12H24O10/c1-4(15)7(17)11(5(16)2-13)22-12-10(20)9(19)8(18)6(3-14)21-12/h4-20H,2-3H2,1H3/t4-,5+,6+,7+,8+,9-,10+,11+,12+/m0/s1. The third-order valence-electron chi connectivity index (χ3n) is 3.54. The third kappa shape index (κ3) is 4.32. The highest BCUT2D eigenvalue weighted by molar-refractivity contribution is 4.90. The summed E-state index contributed by atoms with van der Waals surface area (Å²) in [6.45, 7) is -0.249. The van der Waals surface area contributed by atoms with Crippen LogP contribution in [0.4, 0.5) is 0 Å². The van der Waals surface area contributed by atoms with Crippen LogP contribution in [-0.4, -0.2) is 109 Å². The molecule has 1 fully saturated rings. The Balaban J connectivity index is 2.86. The van der Waals surface area contributed by atoms with Gasteiger partial charge in [-0.25, -0.2) is 0 Å². The number of hydrogen-bond donors (Lipinski definition) is 8. The Kier molecular flexibility index (Phi) is 7.55. The van der Waals surface area contributed by atoms with Gasteiger partial charge in [-0.05, 0) is 6.92 Å². The van der Waals surface area contributed by atoms with Crippen molar-refractivity contribution in [1.29, 1.82) is 0 Å². The van der Waals surface area contributed by atoms with Crippen LogP contribution in [0.2, 0.25) is 0 Å². The highest BCUT2D eigenvalue weighted by atomic mass is 16.7. The van der Waals surface area contributed by atoms with E-state index in [1.165, 1.54) is 6.92 Å². The molecule has 0 bridgehead atoms. The summed E-state index contributed by atoms with van der Waals surface area (Å²) in [5.41, 5.74) is 0. The topological polar surface area (TPSA) is 180 Å². The van der Waals surface area contributed by atoms with Crippen LogP contribution in [0.1, 0.15) is 6.92 Å². The van der Waals surface area contributed by atoms with E-state index < -0.39 is 68.3 Å². The van der Waals surface area contributed by atoms with Crippen LogP contribution in [0, 0.1) is 0 Å². The Bertz CT molecular complexity index is 325. The van der Waals surface area contributed by atoms with E-state index in [-0.39, 0.29) is 0 Å². The first-order valence-corrected chi connectivity index (χ1v) is 6.85. The van der Waals surface area contributed by atoms with Crippen LogP contribution in [0.25, 0.3) is 0 Å². The molecule has 1 heterocycles. The van der Waals surface area contributed by atoms with E-state index in [2.05, 4.69) is 0 Å². The molecule has 10 nitrogen and oxygen atoms in total. The van der Waals surface area contributed by atoms with Gasteiger partial charge in [-0.1, -0.05) is 0 Å². The summed E-state index contributed by atoms with van der Waals surface area (Å²) < 4.78 is 10.2. The predicted molar refractivity (Wildman–Crippen MR) is 69.4 cm³/mol. The lowest BCUT2D eigenvalue weighted by Gasteiger charge is -2.42. The highest BCUT2D eigenvalue weighted by Gasteiger charge is 2.46. The van der Waals surface area contributed by atoms with Crippen molar-refractivity contribution >= 4 is 0 Å². The van der Waals surface area contributed by atoms with Crippen molar-refractivity contribution in [1.82, 2.24) is 0 Å². The molecule has 10 heteroatoms. The van der Waals surface area contributed by atoms with Crippen LogP contribution >= 0.6 is 0 Å². The Hall–Kier alpha value is -0.400. The van der Waals surface area contributed by atoms with Gasteiger partial charge in [0, 0.05) is 0 Å². The van der Waals surface area contributed by atoms with Gasteiger partial charge in [0.1, 0.15) is 42.7 Å². The molecule has 1 aliphatic rings.